The van der Waals surface area contributed by atoms with Gasteiger partial charge in [-0.1, -0.05) is 11.8 Å². The van der Waals surface area contributed by atoms with Crippen LogP contribution < -0.4 is 4.74 Å². The van der Waals surface area contributed by atoms with Crippen molar-refractivity contribution < 1.29 is 9.53 Å². The number of nitrogens with zero attached hydrogens (tertiary/aromatic N) is 2. The highest BCUT2D eigenvalue weighted by Gasteiger charge is 2.09. The second-order valence-corrected chi connectivity index (χ2v) is 5.02. The van der Waals surface area contributed by atoms with Crippen molar-refractivity contribution in [3.05, 3.63) is 35.2 Å². The van der Waals surface area contributed by atoms with Crippen LogP contribution in [-0.2, 0) is 5.75 Å². The number of benzene rings is 1. The first-order valence-electron chi connectivity index (χ1n) is 5.80. The molecule has 2 rings (SSSR count). The topological polar surface area (TPSA) is 67.9 Å². The van der Waals surface area contributed by atoms with Crippen molar-refractivity contribution in [1.82, 2.24) is 15.2 Å². The van der Waals surface area contributed by atoms with E-state index >= 15 is 0 Å². The highest BCUT2D eigenvalue weighted by atomic mass is 32.2. The van der Waals surface area contributed by atoms with Gasteiger partial charge in [-0.05, 0) is 32.0 Å². The Morgan fingerprint density at radius 2 is 2.26 bits per heavy atom. The standard InChI is InChI=1S/C13H15N3O2S/c1-8(17)10-4-5-12(18-3)11(6-10)7-19-13-14-9(2)15-16-13/h4-6H,7H2,1-3H3,(H,14,15,16). The molecule has 5 nitrogen and oxygen atoms in total. The number of Topliss-reactive ketones (excluding diaryl/α,β-unsaturated/α-hetero) is 1. The van der Waals surface area contributed by atoms with Gasteiger partial charge in [-0.3, -0.25) is 9.89 Å². The molecule has 0 unspecified atom stereocenters. The summed E-state index contributed by atoms with van der Waals surface area (Å²) in [4.78, 5) is 15.6. The third-order valence-corrected chi connectivity index (χ3v) is 3.52. The van der Waals surface area contributed by atoms with Gasteiger partial charge in [-0.15, -0.1) is 5.10 Å². The molecule has 2 aromatic rings. The summed E-state index contributed by atoms with van der Waals surface area (Å²) in [6, 6.07) is 5.44. The number of ketones is 1. The minimum atomic E-state index is 0.0441. The maximum absolute atomic E-state index is 11.4. The van der Waals surface area contributed by atoms with E-state index in [0.717, 1.165) is 17.1 Å². The number of thioether (sulfide) groups is 1. The second-order valence-electron chi connectivity index (χ2n) is 4.07. The molecule has 0 saturated carbocycles. The number of hydrogen-bond acceptors (Lipinski definition) is 5. The Morgan fingerprint density at radius 3 is 2.84 bits per heavy atom. The summed E-state index contributed by atoms with van der Waals surface area (Å²) < 4.78 is 5.30. The smallest absolute Gasteiger partial charge is 0.208 e. The Morgan fingerprint density at radius 1 is 1.47 bits per heavy atom. The predicted octanol–water partition coefficient (Wildman–Crippen LogP) is 2.62. The molecule has 1 aromatic carbocycles. The Kier molecular flexibility index (Phi) is 4.21. The van der Waals surface area contributed by atoms with Gasteiger partial charge in [0, 0.05) is 16.9 Å². The van der Waals surface area contributed by atoms with E-state index in [1.165, 1.54) is 11.8 Å². The van der Waals surface area contributed by atoms with Crippen molar-refractivity contribution in [2.75, 3.05) is 7.11 Å². The minimum Gasteiger partial charge on any atom is -0.496 e. The van der Waals surface area contributed by atoms with Crippen molar-refractivity contribution >= 4 is 17.5 Å². The van der Waals surface area contributed by atoms with E-state index in [0.29, 0.717) is 16.5 Å². The summed E-state index contributed by atoms with van der Waals surface area (Å²) in [6.07, 6.45) is 0. The third kappa shape index (κ3) is 3.35. The number of H-pyrrole nitrogens is 1. The molecule has 0 atom stereocenters. The van der Waals surface area contributed by atoms with Crippen LogP contribution in [0.4, 0.5) is 0 Å². The average molecular weight is 277 g/mol. The largest absolute Gasteiger partial charge is 0.496 e. The van der Waals surface area contributed by atoms with Crippen LogP contribution in [0.3, 0.4) is 0 Å². The molecule has 0 aliphatic rings. The fourth-order valence-electron chi connectivity index (χ4n) is 1.64. The third-order valence-electron chi connectivity index (χ3n) is 2.62. The van der Waals surface area contributed by atoms with Gasteiger partial charge in [0.05, 0.1) is 7.11 Å². The molecule has 19 heavy (non-hydrogen) atoms. The lowest BCUT2D eigenvalue weighted by Crippen LogP contribution is -1.97. The molecular formula is C13H15N3O2S. The Hall–Kier alpha value is -1.82. The van der Waals surface area contributed by atoms with Crippen molar-refractivity contribution in [2.45, 2.75) is 24.8 Å². The van der Waals surface area contributed by atoms with E-state index in [-0.39, 0.29) is 5.78 Å². The van der Waals surface area contributed by atoms with E-state index in [9.17, 15) is 4.79 Å². The number of ether oxygens (including phenoxy) is 1. The van der Waals surface area contributed by atoms with Gasteiger partial charge < -0.3 is 4.74 Å². The van der Waals surface area contributed by atoms with Crippen LogP contribution in [0.15, 0.2) is 23.4 Å². The lowest BCUT2D eigenvalue weighted by atomic mass is 10.1. The summed E-state index contributed by atoms with van der Waals surface area (Å²) in [5.41, 5.74) is 1.64. The van der Waals surface area contributed by atoms with Crippen molar-refractivity contribution in [1.29, 1.82) is 0 Å². The monoisotopic (exact) mass is 277 g/mol. The Balaban J connectivity index is 2.17. The minimum absolute atomic E-state index is 0.0441. The van der Waals surface area contributed by atoms with E-state index in [1.54, 1.807) is 20.1 Å². The molecule has 1 aromatic heterocycles. The number of carbonyl (C=O) groups excluding carboxylic acids is 1. The van der Waals surface area contributed by atoms with Crippen molar-refractivity contribution in [2.24, 2.45) is 0 Å². The molecule has 1 N–H and O–H groups in total. The van der Waals surface area contributed by atoms with Crippen LogP contribution in [-0.4, -0.2) is 28.1 Å². The van der Waals surface area contributed by atoms with Crippen LogP contribution in [0, 0.1) is 6.92 Å². The maximum atomic E-state index is 11.4. The predicted molar refractivity (Wildman–Crippen MR) is 73.7 cm³/mol. The first-order valence-corrected chi connectivity index (χ1v) is 6.78. The number of nitrogens with one attached hydrogen (secondary N) is 1. The highest BCUT2D eigenvalue weighted by molar-refractivity contribution is 7.98. The molecule has 1 heterocycles. The van der Waals surface area contributed by atoms with Gasteiger partial charge >= 0.3 is 0 Å². The van der Waals surface area contributed by atoms with Crippen LogP contribution in [0.25, 0.3) is 0 Å². The molecule has 0 bridgehead atoms. The zero-order valence-electron chi connectivity index (χ0n) is 11.1. The number of aryl methyl sites for hydroxylation is 1. The quantitative estimate of drug-likeness (QED) is 0.672. The highest BCUT2D eigenvalue weighted by Crippen LogP contribution is 2.27. The van der Waals surface area contributed by atoms with Gasteiger partial charge in [0.15, 0.2) is 5.78 Å². The maximum Gasteiger partial charge on any atom is 0.208 e. The van der Waals surface area contributed by atoms with Crippen molar-refractivity contribution in [3.8, 4) is 5.75 Å². The number of rotatable bonds is 5. The Labute approximate surface area is 115 Å². The normalized spacial score (nSPS) is 10.5. The molecule has 6 heteroatoms. The molecule has 0 radical (unpaired) electrons. The summed E-state index contributed by atoms with van der Waals surface area (Å²) in [7, 11) is 1.62. The summed E-state index contributed by atoms with van der Waals surface area (Å²) in [5, 5.41) is 7.55. The second kappa shape index (κ2) is 5.88. The van der Waals surface area contributed by atoms with Gasteiger partial charge in [0.2, 0.25) is 5.16 Å². The molecule has 0 amide bonds. The van der Waals surface area contributed by atoms with E-state index in [1.807, 2.05) is 19.1 Å². The molecule has 0 aliphatic heterocycles. The SMILES string of the molecule is COc1ccc(C(C)=O)cc1CSc1n[nH]c(C)n1. The summed E-state index contributed by atoms with van der Waals surface area (Å²) in [6.45, 7) is 3.41. The lowest BCUT2D eigenvalue weighted by molar-refractivity contribution is 0.101. The van der Waals surface area contributed by atoms with E-state index in [4.69, 9.17) is 4.74 Å². The zero-order chi connectivity index (χ0) is 13.8. The molecule has 0 saturated heterocycles. The van der Waals surface area contributed by atoms with Crippen LogP contribution >= 0.6 is 11.8 Å². The molecule has 100 valence electrons. The van der Waals surface area contributed by atoms with E-state index in [2.05, 4.69) is 15.2 Å². The number of hydrogen-bond donors (Lipinski definition) is 1. The van der Waals surface area contributed by atoms with Gasteiger partial charge in [-0.25, -0.2) is 4.98 Å². The van der Waals surface area contributed by atoms with Crippen LogP contribution in [0.2, 0.25) is 0 Å². The molecule has 0 aliphatic carbocycles. The first kappa shape index (κ1) is 13.6. The fraction of sp³-hybridized carbons (Fsp3) is 0.308. The van der Waals surface area contributed by atoms with E-state index < -0.39 is 0 Å². The zero-order valence-corrected chi connectivity index (χ0v) is 11.9. The number of carbonyl (C=O) groups is 1. The first-order chi connectivity index (χ1) is 9.10. The molecule has 0 fully saturated rings. The van der Waals surface area contributed by atoms with Gasteiger partial charge in [-0.2, -0.15) is 0 Å². The summed E-state index contributed by atoms with van der Waals surface area (Å²) in [5.74, 6) is 2.25. The number of aromatic nitrogens is 3. The number of aromatic amines is 1. The van der Waals surface area contributed by atoms with Gasteiger partial charge in [0.25, 0.3) is 0 Å². The molecular weight excluding hydrogens is 262 g/mol. The average Bonchev–Trinajstić information content (AvgIpc) is 2.81. The van der Waals surface area contributed by atoms with Crippen LogP contribution in [0.1, 0.15) is 28.7 Å². The van der Waals surface area contributed by atoms with Gasteiger partial charge in [0.1, 0.15) is 11.6 Å². The van der Waals surface area contributed by atoms with Crippen LogP contribution in [0.5, 0.6) is 5.75 Å². The Bertz CT molecular complexity index is 595. The lowest BCUT2D eigenvalue weighted by Gasteiger charge is -2.08. The fourth-order valence-corrected chi connectivity index (χ4v) is 2.46. The number of methoxy groups -OCH3 is 1. The summed E-state index contributed by atoms with van der Waals surface area (Å²) >= 11 is 1.50. The molecule has 0 spiro atoms. The van der Waals surface area contributed by atoms with Crippen molar-refractivity contribution in [3.63, 3.8) is 0 Å².